The largest absolute Gasteiger partial charge is 0.453 e. The summed E-state index contributed by atoms with van der Waals surface area (Å²) in [5.74, 6) is -1.38. The third-order valence-corrected chi connectivity index (χ3v) is 4.18. The summed E-state index contributed by atoms with van der Waals surface area (Å²) in [6.07, 6.45) is -1.58. The van der Waals surface area contributed by atoms with E-state index in [4.69, 9.17) is 9.68 Å². The van der Waals surface area contributed by atoms with Crippen LogP contribution in [0, 0.1) is 17.1 Å². The van der Waals surface area contributed by atoms with Gasteiger partial charge in [0.25, 0.3) is 6.43 Å². The number of hydrogen-bond acceptors (Lipinski definition) is 5. The summed E-state index contributed by atoms with van der Waals surface area (Å²) < 4.78 is 47.4. The Bertz CT molecular complexity index is 1300. The molecular formula is C18H9F3N4O2. The Morgan fingerprint density at radius 3 is 2.70 bits per heavy atom. The fraction of sp³-hybridized carbons (Fsp3) is 0.111. The van der Waals surface area contributed by atoms with Crippen molar-refractivity contribution < 1.29 is 17.6 Å². The average molecular weight is 370 g/mol. The monoisotopic (exact) mass is 370 g/mol. The van der Waals surface area contributed by atoms with E-state index in [0.717, 1.165) is 16.7 Å². The zero-order valence-electron chi connectivity index (χ0n) is 13.7. The van der Waals surface area contributed by atoms with Crippen LogP contribution in [-0.4, -0.2) is 14.5 Å². The first-order valence-corrected chi connectivity index (χ1v) is 7.68. The molecule has 3 aromatic heterocycles. The minimum atomic E-state index is -2.92. The van der Waals surface area contributed by atoms with E-state index in [1.807, 2.05) is 6.07 Å². The van der Waals surface area contributed by atoms with E-state index in [9.17, 15) is 18.0 Å². The minimum Gasteiger partial charge on any atom is -0.453 e. The first kappa shape index (κ1) is 16.8. The predicted molar refractivity (Wildman–Crippen MR) is 89.6 cm³/mol. The normalized spacial score (nSPS) is 11.4. The number of fused-ring (bicyclic) bond motifs is 3. The van der Waals surface area contributed by atoms with E-state index in [2.05, 4.69) is 9.97 Å². The van der Waals surface area contributed by atoms with E-state index in [1.54, 1.807) is 0 Å². The van der Waals surface area contributed by atoms with Crippen molar-refractivity contribution >= 4 is 22.0 Å². The molecule has 1 aromatic carbocycles. The summed E-state index contributed by atoms with van der Waals surface area (Å²) >= 11 is 0. The number of benzene rings is 1. The number of rotatable bonds is 2. The van der Waals surface area contributed by atoms with E-state index in [0.29, 0.717) is 5.56 Å². The highest BCUT2D eigenvalue weighted by atomic mass is 19.3. The van der Waals surface area contributed by atoms with Crippen LogP contribution in [0.5, 0.6) is 0 Å². The van der Waals surface area contributed by atoms with Crippen molar-refractivity contribution in [1.82, 2.24) is 14.5 Å². The molecule has 0 unspecified atom stereocenters. The van der Waals surface area contributed by atoms with Crippen molar-refractivity contribution in [2.24, 2.45) is 7.05 Å². The van der Waals surface area contributed by atoms with Crippen LogP contribution in [0.3, 0.4) is 0 Å². The maximum absolute atomic E-state index is 14.4. The molecule has 0 radical (unpaired) electrons. The first-order valence-electron chi connectivity index (χ1n) is 7.68. The lowest BCUT2D eigenvalue weighted by atomic mass is 10.1. The molecule has 0 saturated heterocycles. The number of pyridine rings is 1. The molecule has 0 aliphatic rings. The molecule has 0 atom stereocenters. The lowest BCUT2D eigenvalue weighted by molar-refractivity contribution is 0.137. The van der Waals surface area contributed by atoms with Gasteiger partial charge in [0, 0.05) is 24.9 Å². The summed E-state index contributed by atoms with van der Waals surface area (Å²) in [5, 5.41) is 8.70. The quantitative estimate of drug-likeness (QED) is 0.537. The second-order valence-electron chi connectivity index (χ2n) is 5.78. The zero-order chi connectivity index (χ0) is 19.3. The van der Waals surface area contributed by atoms with Gasteiger partial charge in [-0.05, 0) is 18.2 Å². The number of imidazole rings is 1. The molecule has 0 aliphatic carbocycles. The molecule has 3 heterocycles. The zero-order valence-corrected chi connectivity index (χ0v) is 13.7. The van der Waals surface area contributed by atoms with Gasteiger partial charge in [-0.2, -0.15) is 5.26 Å². The molecule has 4 aromatic rings. The van der Waals surface area contributed by atoms with Gasteiger partial charge in [-0.25, -0.2) is 23.1 Å². The molecule has 0 spiro atoms. The van der Waals surface area contributed by atoms with Gasteiger partial charge in [0.2, 0.25) is 0 Å². The molecule has 27 heavy (non-hydrogen) atoms. The fourth-order valence-corrected chi connectivity index (χ4v) is 2.90. The van der Waals surface area contributed by atoms with Crippen LogP contribution >= 0.6 is 0 Å². The Hall–Kier alpha value is -3.67. The van der Waals surface area contributed by atoms with Crippen LogP contribution in [0.1, 0.15) is 17.9 Å². The predicted octanol–water partition coefficient (Wildman–Crippen LogP) is 3.69. The van der Waals surface area contributed by atoms with Crippen molar-refractivity contribution in [1.29, 1.82) is 5.26 Å². The van der Waals surface area contributed by atoms with Gasteiger partial charge in [-0.3, -0.25) is 4.79 Å². The number of nitriles is 1. The van der Waals surface area contributed by atoms with Gasteiger partial charge in [0.1, 0.15) is 34.4 Å². The standard InChI is InChI=1S/C18H9F3N4O2/c1-25-15-11(19)4-10-12(26)5-13(8-2-3-9(6-22)23-7-8)27-16(10)14(15)24-18(25)17(20)21/h2-5,7,17H,1H3. The Morgan fingerprint density at radius 2 is 2.07 bits per heavy atom. The Kier molecular flexibility index (Phi) is 3.70. The van der Waals surface area contributed by atoms with Crippen molar-refractivity contribution in [3.05, 3.63) is 58.0 Å². The summed E-state index contributed by atoms with van der Waals surface area (Å²) in [7, 11) is 1.26. The van der Waals surface area contributed by atoms with Gasteiger partial charge in [-0.15, -0.1) is 0 Å². The highest BCUT2D eigenvalue weighted by Gasteiger charge is 2.23. The third kappa shape index (κ3) is 2.54. The van der Waals surface area contributed by atoms with Crippen LogP contribution in [-0.2, 0) is 7.05 Å². The van der Waals surface area contributed by atoms with E-state index in [1.165, 1.54) is 25.4 Å². The van der Waals surface area contributed by atoms with E-state index < -0.39 is 23.5 Å². The summed E-state index contributed by atoms with van der Waals surface area (Å²) in [4.78, 5) is 20.1. The Labute approximate surface area is 149 Å². The number of alkyl halides is 2. The van der Waals surface area contributed by atoms with Gasteiger partial charge in [0.15, 0.2) is 16.8 Å². The molecule has 0 bridgehead atoms. The van der Waals surface area contributed by atoms with Crippen molar-refractivity contribution in [3.8, 4) is 17.4 Å². The van der Waals surface area contributed by atoms with Gasteiger partial charge < -0.3 is 8.98 Å². The SMILES string of the molecule is Cn1c(C(F)F)nc2c3oc(-c4ccc(C#N)nc4)cc(=O)c3cc(F)c21. The number of nitrogens with zero attached hydrogens (tertiary/aromatic N) is 4. The van der Waals surface area contributed by atoms with Crippen LogP contribution in [0.25, 0.3) is 33.3 Å². The number of halogens is 3. The molecule has 0 aliphatic heterocycles. The smallest absolute Gasteiger partial charge is 0.295 e. The van der Waals surface area contributed by atoms with E-state index >= 15 is 0 Å². The van der Waals surface area contributed by atoms with Crippen molar-refractivity contribution in [3.63, 3.8) is 0 Å². The molecule has 0 fully saturated rings. The molecule has 4 rings (SSSR count). The molecule has 6 nitrogen and oxygen atoms in total. The minimum absolute atomic E-state index is 0.0965. The molecule has 9 heteroatoms. The fourth-order valence-electron chi connectivity index (χ4n) is 2.90. The highest BCUT2D eigenvalue weighted by Crippen LogP contribution is 2.32. The first-order chi connectivity index (χ1) is 12.9. The summed E-state index contributed by atoms with van der Waals surface area (Å²) in [6.45, 7) is 0. The maximum atomic E-state index is 14.4. The highest BCUT2D eigenvalue weighted by molar-refractivity contribution is 6.01. The second-order valence-corrected chi connectivity index (χ2v) is 5.78. The van der Waals surface area contributed by atoms with E-state index in [-0.39, 0.29) is 33.5 Å². The van der Waals surface area contributed by atoms with Crippen LogP contribution in [0.4, 0.5) is 13.2 Å². The molecular weight excluding hydrogens is 361 g/mol. The van der Waals surface area contributed by atoms with Gasteiger partial charge in [-0.1, -0.05) is 0 Å². The summed E-state index contributed by atoms with van der Waals surface area (Å²) in [5.41, 5.74) is -0.422. The van der Waals surface area contributed by atoms with Crippen LogP contribution in [0.15, 0.2) is 39.7 Å². The topological polar surface area (TPSA) is 84.7 Å². The average Bonchev–Trinajstić information content (AvgIpc) is 3.01. The molecule has 0 saturated carbocycles. The molecule has 134 valence electrons. The van der Waals surface area contributed by atoms with Gasteiger partial charge >= 0.3 is 0 Å². The van der Waals surface area contributed by atoms with Crippen LogP contribution in [0.2, 0.25) is 0 Å². The third-order valence-electron chi connectivity index (χ3n) is 4.18. The maximum Gasteiger partial charge on any atom is 0.295 e. The Morgan fingerprint density at radius 1 is 1.30 bits per heavy atom. The van der Waals surface area contributed by atoms with Gasteiger partial charge in [0.05, 0.1) is 5.39 Å². The van der Waals surface area contributed by atoms with Crippen molar-refractivity contribution in [2.75, 3.05) is 0 Å². The number of aryl methyl sites for hydroxylation is 1. The molecule has 0 N–H and O–H groups in total. The molecule has 0 amide bonds. The number of hydrogen-bond donors (Lipinski definition) is 0. The number of aromatic nitrogens is 3. The second kappa shape index (κ2) is 5.95. The Balaban J connectivity index is 2.06. The lowest BCUT2D eigenvalue weighted by Gasteiger charge is -2.05. The van der Waals surface area contributed by atoms with Crippen molar-refractivity contribution in [2.45, 2.75) is 6.43 Å². The van der Waals surface area contributed by atoms with Crippen LogP contribution < -0.4 is 5.43 Å². The lowest BCUT2D eigenvalue weighted by Crippen LogP contribution is -2.02. The summed E-state index contributed by atoms with van der Waals surface area (Å²) in [6, 6.07) is 6.93.